The Morgan fingerprint density at radius 2 is 2.14 bits per heavy atom. The Labute approximate surface area is 133 Å². The number of hydrogen-bond acceptors (Lipinski definition) is 6. The van der Waals surface area contributed by atoms with Crippen molar-refractivity contribution < 1.29 is 4.74 Å². The van der Waals surface area contributed by atoms with Crippen molar-refractivity contribution >= 4 is 54.6 Å². The van der Waals surface area contributed by atoms with Crippen molar-refractivity contribution in [1.29, 1.82) is 0 Å². The highest BCUT2D eigenvalue weighted by Gasteiger charge is 2.13. The van der Waals surface area contributed by atoms with Crippen molar-refractivity contribution in [2.45, 2.75) is 6.92 Å². The molecule has 4 aromatic rings. The summed E-state index contributed by atoms with van der Waals surface area (Å²) in [6.07, 6.45) is 1.57. The van der Waals surface area contributed by atoms with Crippen molar-refractivity contribution in [2.24, 2.45) is 0 Å². The van der Waals surface area contributed by atoms with Gasteiger partial charge in [-0.15, -0.1) is 22.7 Å². The summed E-state index contributed by atoms with van der Waals surface area (Å²) in [6, 6.07) is 5.73. The first-order valence-corrected chi connectivity index (χ1v) is 8.22. The van der Waals surface area contributed by atoms with E-state index < -0.39 is 0 Å². The van der Waals surface area contributed by atoms with Gasteiger partial charge in [-0.1, -0.05) is 0 Å². The van der Waals surface area contributed by atoms with E-state index in [9.17, 15) is 0 Å². The molecule has 3 heterocycles. The van der Waals surface area contributed by atoms with Gasteiger partial charge in [-0.05, 0) is 30.0 Å². The summed E-state index contributed by atoms with van der Waals surface area (Å²) in [5.74, 6) is 1.19. The fourth-order valence-electron chi connectivity index (χ4n) is 2.16. The van der Waals surface area contributed by atoms with Crippen LogP contribution < -0.4 is 4.74 Å². The molecule has 3 aromatic heterocycles. The Bertz CT molecular complexity index is 963. The Balaban J connectivity index is 1.92. The number of fused-ring (bicyclic) bond motifs is 3. The molecule has 21 heavy (non-hydrogen) atoms. The lowest BCUT2D eigenvalue weighted by atomic mass is 10.2. The second kappa shape index (κ2) is 4.91. The van der Waals surface area contributed by atoms with Crippen molar-refractivity contribution in [3.63, 3.8) is 0 Å². The summed E-state index contributed by atoms with van der Waals surface area (Å²) in [4.78, 5) is 12.5. The average molecular weight is 334 g/mol. The van der Waals surface area contributed by atoms with E-state index in [1.165, 1.54) is 0 Å². The lowest BCUT2D eigenvalue weighted by molar-refractivity contribution is 0.467. The van der Waals surface area contributed by atoms with E-state index in [0.717, 1.165) is 31.1 Å². The van der Waals surface area contributed by atoms with Crippen molar-refractivity contribution in [2.75, 3.05) is 0 Å². The van der Waals surface area contributed by atoms with Gasteiger partial charge in [0.25, 0.3) is 0 Å². The summed E-state index contributed by atoms with van der Waals surface area (Å²) in [5.41, 5.74) is 1.04. The molecule has 0 atom stereocenters. The molecule has 0 aliphatic carbocycles. The molecular formula is C14H8ClN3OS2. The van der Waals surface area contributed by atoms with Crippen LogP contribution in [0.2, 0.25) is 5.28 Å². The molecule has 0 fully saturated rings. The van der Waals surface area contributed by atoms with E-state index in [-0.39, 0.29) is 5.28 Å². The van der Waals surface area contributed by atoms with E-state index >= 15 is 0 Å². The Hall–Kier alpha value is -1.76. The Kier molecular flexibility index (Phi) is 3.02. The summed E-state index contributed by atoms with van der Waals surface area (Å²) in [6.45, 7) is 2.01. The first-order chi connectivity index (χ1) is 10.2. The molecule has 0 unspecified atom stereocenters. The van der Waals surface area contributed by atoms with Crippen LogP contribution in [0.15, 0.2) is 29.8 Å². The summed E-state index contributed by atoms with van der Waals surface area (Å²) in [7, 11) is 0. The second-order valence-corrected chi connectivity index (χ2v) is 6.87. The van der Waals surface area contributed by atoms with Crippen LogP contribution in [0.25, 0.3) is 20.3 Å². The third-order valence-electron chi connectivity index (χ3n) is 2.98. The topological polar surface area (TPSA) is 47.9 Å². The fourth-order valence-corrected chi connectivity index (χ4v) is 4.13. The van der Waals surface area contributed by atoms with Gasteiger partial charge in [-0.3, -0.25) is 0 Å². The fraction of sp³-hybridized carbons (Fsp3) is 0.0714. The third kappa shape index (κ3) is 2.25. The van der Waals surface area contributed by atoms with Crippen LogP contribution in [0.4, 0.5) is 0 Å². The predicted octanol–water partition coefficient (Wildman–Crippen LogP) is 5.06. The molecular weight excluding hydrogens is 326 g/mol. The van der Waals surface area contributed by atoms with E-state index in [4.69, 9.17) is 16.3 Å². The standard InChI is InChI=1S/C14H8ClN3OS2/c1-7-17-12-10(21-7)6-9(8-3-5-20-13(8)12)19-11-2-4-16-14(15)18-11/h2-6H,1H3. The Morgan fingerprint density at radius 1 is 1.24 bits per heavy atom. The van der Waals surface area contributed by atoms with Crippen molar-refractivity contribution in [1.82, 2.24) is 15.0 Å². The highest BCUT2D eigenvalue weighted by atomic mass is 35.5. The molecule has 0 saturated heterocycles. The van der Waals surface area contributed by atoms with Crippen molar-refractivity contribution in [3.05, 3.63) is 40.1 Å². The molecule has 7 heteroatoms. The molecule has 4 rings (SSSR count). The molecule has 104 valence electrons. The molecule has 0 saturated carbocycles. The van der Waals surface area contributed by atoms with Gasteiger partial charge in [0.15, 0.2) is 0 Å². The number of ether oxygens (including phenoxy) is 1. The van der Waals surface area contributed by atoms with Crippen LogP contribution in [-0.4, -0.2) is 15.0 Å². The smallest absolute Gasteiger partial charge is 0.225 e. The number of aromatic nitrogens is 3. The van der Waals surface area contributed by atoms with Crippen LogP contribution in [0.3, 0.4) is 0 Å². The van der Waals surface area contributed by atoms with Gasteiger partial charge in [0.1, 0.15) is 5.75 Å². The minimum absolute atomic E-state index is 0.170. The molecule has 1 aromatic carbocycles. The molecule has 0 aliphatic rings. The van der Waals surface area contributed by atoms with Gasteiger partial charge < -0.3 is 4.74 Å². The highest BCUT2D eigenvalue weighted by molar-refractivity contribution is 7.21. The zero-order valence-corrected chi connectivity index (χ0v) is 13.2. The second-order valence-electron chi connectivity index (χ2n) is 4.38. The number of thiophene rings is 1. The zero-order valence-electron chi connectivity index (χ0n) is 10.8. The summed E-state index contributed by atoms with van der Waals surface area (Å²) < 4.78 is 8.14. The van der Waals surface area contributed by atoms with Crippen LogP contribution in [-0.2, 0) is 0 Å². The molecule has 0 aliphatic heterocycles. The van der Waals surface area contributed by atoms with Gasteiger partial charge in [0, 0.05) is 23.7 Å². The SMILES string of the molecule is Cc1nc2c(cc(Oc3ccnc(Cl)n3)c3ccsc32)s1. The first-order valence-electron chi connectivity index (χ1n) is 6.14. The van der Waals surface area contributed by atoms with Crippen molar-refractivity contribution in [3.8, 4) is 11.6 Å². The zero-order chi connectivity index (χ0) is 14.4. The van der Waals surface area contributed by atoms with Gasteiger partial charge in [-0.25, -0.2) is 9.97 Å². The quantitative estimate of drug-likeness (QED) is 0.481. The van der Waals surface area contributed by atoms with Gasteiger partial charge in [0.05, 0.1) is 19.9 Å². The lowest BCUT2D eigenvalue weighted by Crippen LogP contribution is -1.90. The number of thiazole rings is 1. The van der Waals surface area contributed by atoms with E-state index in [1.54, 1.807) is 34.9 Å². The van der Waals surface area contributed by atoms with Crippen LogP contribution in [0, 0.1) is 6.92 Å². The van der Waals surface area contributed by atoms with E-state index in [0.29, 0.717) is 5.88 Å². The summed E-state index contributed by atoms with van der Waals surface area (Å²) >= 11 is 9.12. The number of rotatable bonds is 2. The predicted molar refractivity (Wildman–Crippen MR) is 86.9 cm³/mol. The van der Waals surface area contributed by atoms with Gasteiger partial charge >= 0.3 is 0 Å². The largest absolute Gasteiger partial charge is 0.438 e. The molecule has 0 N–H and O–H groups in total. The molecule has 0 bridgehead atoms. The summed E-state index contributed by atoms with van der Waals surface area (Å²) in [5, 5.41) is 4.29. The number of hydrogen-bond donors (Lipinski definition) is 0. The maximum absolute atomic E-state index is 5.90. The average Bonchev–Trinajstić information content (AvgIpc) is 3.04. The van der Waals surface area contributed by atoms with Crippen LogP contribution in [0.1, 0.15) is 5.01 Å². The van der Waals surface area contributed by atoms with Crippen LogP contribution >= 0.6 is 34.3 Å². The maximum Gasteiger partial charge on any atom is 0.225 e. The maximum atomic E-state index is 5.90. The number of nitrogens with zero attached hydrogens (tertiary/aromatic N) is 3. The minimum atomic E-state index is 0.170. The minimum Gasteiger partial charge on any atom is -0.438 e. The third-order valence-corrected chi connectivity index (χ3v) is 5.00. The number of benzene rings is 1. The van der Waals surface area contributed by atoms with E-state index in [2.05, 4.69) is 15.0 Å². The van der Waals surface area contributed by atoms with Gasteiger partial charge in [0.2, 0.25) is 11.2 Å². The number of halogens is 1. The number of aryl methyl sites for hydroxylation is 1. The lowest BCUT2D eigenvalue weighted by Gasteiger charge is -2.06. The highest BCUT2D eigenvalue weighted by Crippen LogP contribution is 2.40. The Morgan fingerprint density at radius 3 is 3.00 bits per heavy atom. The first kappa shape index (κ1) is 12.9. The molecule has 0 spiro atoms. The van der Waals surface area contributed by atoms with E-state index in [1.807, 2.05) is 24.4 Å². The van der Waals surface area contributed by atoms with Crippen LogP contribution in [0.5, 0.6) is 11.6 Å². The monoisotopic (exact) mass is 333 g/mol. The molecule has 0 radical (unpaired) electrons. The molecule has 0 amide bonds. The normalized spacial score (nSPS) is 11.3. The van der Waals surface area contributed by atoms with Gasteiger partial charge in [-0.2, -0.15) is 4.98 Å². The molecule has 4 nitrogen and oxygen atoms in total.